The maximum atomic E-state index is 12.9. The van der Waals surface area contributed by atoms with Gasteiger partial charge in [-0.2, -0.15) is 0 Å². The third-order valence-corrected chi connectivity index (χ3v) is 6.58. The predicted octanol–water partition coefficient (Wildman–Crippen LogP) is 2.05. The number of likely N-dealkylation sites (tertiary alicyclic amines) is 2. The summed E-state index contributed by atoms with van der Waals surface area (Å²) in [6.07, 6.45) is 4.69. The Kier molecular flexibility index (Phi) is 4.42. The number of rotatable bonds is 3. The average molecular weight is 386 g/mol. The molecule has 0 aliphatic carbocycles. The van der Waals surface area contributed by atoms with Crippen molar-refractivity contribution >= 4 is 11.8 Å². The minimum Gasteiger partial charge on any atom is -0.454 e. The second-order valence-electron chi connectivity index (χ2n) is 8.45. The Labute approximate surface area is 164 Å². The van der Waals surface area contributed by atoms with Gasteiger partial charge in [0, 0.05) is 50.2 Å². The second kappa shape index (κ2) is 6.95. The number of amides is 2. The summed E-state index contributed by atoms with van der Waals surface area (Å²) < 4.78 is 16.4. The number of ether oxygens (including phenoxy) is 3. The quantitative estimate of drug-likeness (QED) is 0.795. The number of piperidine rings is 1. The maximum absolute atomic E-state index is 12.9. The number of benzene rings is 1. The molecule has 4 aliphatic rings. The summed E-state index contributed by atoms with van der Waals surface area (Å²) in [4.78, 5) is 29.3. The molecule has 1 atom stereocenters. The van der Waals surface area contributed by atoms with Gasteiger partial charge in [0.25, 0.3) is 5.91 Å². The highest BCUT2D eigenvalue weighted by atomic mass is 16.7. The first-order valence-electron chi connectivity index (χ1n) is 10.2. The van der Waals surface area contributed by atoms with Crippen LogP contribution in [0.25, 0.3) is 0 Å². The van der Waals surface area contributed by atoms with Crippen LogP contribution in [0.4, 0.5) is 0 Å². The fraction of sp³-hybridized carbons (Fsp3) is 0.619. The van der Waals surface area contributed by atoms with Crippen LogP contribution in [0.3, 0.4) is 0 Å². The van der Waals surface area contributed by atoms with E-state index in [1.165, 1.54) is 0 Å². The van der Waals surface area contributed by atoms with Crippen LogP contribution in [0.15, 0.2) is 18.2 Å². The van der Waals surface area contributed by atoms with E-state index >= 15 is 0 Å². The zero-order valence-corrected chi connectivity index (χ0v) is 16.0. The van der Waals surface area contributed by atoms with E-state index in [1.807, 2.05) is 9.80 Å². The fourth-order valence-corrected chi connectivity index (χ4v) is 4.91. The highest BCUT2D eigenvalue weighted by Gasteiger charge is 2.46. The van der Waals surface area contributed by atoms with Gasteiger partial charge in [-0.3, -0.25) is 9.59 Å². The van der Waals surface area contributed by atoms with Crippen molar-refractivity contribution in [2.24, 2.45) is 5.41 Å². The smallest absolute Gasteiger partial charge is 0.253 e. The molecular formula is C21H26N2O5. The Hall–Kier alpha value is -2.28. The number of carbonyl (C=O) groups is 2. The second-order valence-corrected chi connectivity index (χ2v) is 8.45. The monoisotopic (exact) mass is 386 g/mol. The lowest BCUT2D eigenvalue weighted by Gasteiger charge is -2.39. The lowest BCUT2D eigenvalue weighted by atomic mass is 9.77. The number of hydrogen-bond donors (Lipinski definition) is 0. The van der Waals surface area contributed by atoms with E-state index in [4.69, 9.17) is 14.2 Å². The summed E-state index contributed by atoms with van der Waals surface area (Å²) in [7, 11) is 0. The van der Waals surface area contributed by atoms with Crippen LogP contribution in [0.1, 0.15) is 42.5 Å². The number of carbonyl (C=O) groups excluding carboxylic acids is 2. The molecule has 7 nitrogen and oxygen atoms in total. The number of fused-ring (bicyclic) bond motifs is 1. The first kappa shape index (κ1) is 17.8. The van der Waals surface area contributed by atoms with Crippen molar-refractivity contribution < 1.29 is 23.8 Å². The van der Waals surface area contributed by atoms with Crippen molar-refractivity contribution in [3.63, 3.8) is 0 Å². The minimum atomic E-state index is 0.0152. The van der Waals surface area contributed by atoms with Gasteiger partial charge < -0.3 is 24.0 Å². The first-order valence-corrected chi connectivity index (χ1v) is 10.2. The van der Waals surface area contributed by atoms with Crippen LogP contribution >= 0.6 is 0 Å². The molecule has 28 heavy (non-hydrogen) atoms. The van der Waals surface area contributed by atoms with E-state index in [1.54, 1.807) is 18.2 Å². The average Bonchev–Trinajstić information content (AvgIpc) is 3.43. The molecule has 1 spiro atoms. The molecular weight excluding hydrogens is 360 g/mol. The summed E-state index contributed by atoms with van der Waals surface area (Å²) in [6, 6.07) is 5.35. The fourth-order valence-electron chi connectivity index (χ4n) is 4.91. The Morgan fingerprint density at radius 1 is 1.18 bits per heavy atom. The SMILES string of the molecule is O=C1CC2(CCN(C(=O)c3ccc4c(c3)OCO4)CC2)CN1CC1CCCO1. The van der Waals surface area contributed by atoms with E-state index in [0.717, 1.165) is 45.4 Å². The van der Waals surface area contributed by atoms with Crippen LogP contribution in [-0.4, -0.2) is 67.3 Å². The molecule has 1 aromatic rings. The van der Waals surface area contributed by atoms with Gasteiger partial charge in [-0.15, -0.1) is 0 Å². The molecule has 0 radical (unpaired) electrons. The largest absolute Gasteiger partial charge is 0.454 e. The van der Waals surface area contributed by atoms with Gasteiger partial charge in [0.05, 0.1) is 6.10 Å². The Balaban J connectivity index is 1.20. The van der Waals surface area contributed by atoms with Crippen molar-refractivity contribution in [3.8, 4) is 11.5 Å². The van der Waals surface area contributed by atoms with Crippen molar-refractivity contribution in [2.45, 2.75) is 38.2 Å². The highest BCUT2D eigenvalue weighted by molar-refractivity contribution is 5.95. The lowest BCUT2D eigenvalue weighted by molar-refractivity contribution is -0.129. The summed E-state index contributed by atoms with van der Waals surface area (Å²) in [5.74, 6) is 1.58. The molecule has 5 rings (SSSR count). The topological polar surface area (TPSA) is 68.3 Å². The molecule has 3 fully saturated rings. The molecule has 4 aliphatic heterocycles. The zero-order valence-electron chi connectivity index (χ0n) is 16.0. The van der Waals surface area contributed by atoms with Gasteiger partial charge in [-0.25, -0.2) is 0 Å². The molecule has 150 valence electrons. The summed E-state index contributed by atoms with van der Waals surface area (Å²) in [5.41, 5.74) is 0.643. The van der Waals surface area contributed by atoms with Gasteiger partial charge in [0.2, 0.25) is 12.7 Å². The van der Waals surface area contributed by atoms with Gasteiger partial charge in [-0.1, -0.05) is 0 Å². The zero-order chi connectivity index (χ0) is 19.1. The van der Waals surface area contributed by atoms with Crippen LogP contribution in [0, 0.1) is 5.41 Å². The van der Waals surface area contributed by atoms with Crippen LogP contribution in [-0.2, 0) is 9.53 Å². The van der Waals surface area contributed by atoms with Crippen molar-refractivity contribution in [1.82, 2.24) is 9.80 Å². The Morgan fingerprint density at radius 3 is 2.79 bits per heavy atom. The maximum Gasteiger partial charge on any atom is 0.253 e. The van der Waals surface area contributed by atoms with Gasteiger partial charge in [-0.05, 0) is 43.9 Å². The third kappa shape index (κ3) is 3.21. The molecule has 7 heteroatoms. The lowest BCUT2D eigenvalue weighted by Crippen LogP contribution is -2.44. The molecule has 0 saturated carbocycles. The molecule has 1 unspecified atom stereocenters. The Bertz CT molecular complexity index is 781. The third-order valence-electron chi connectivity index (χ3n) is 6.58. The molecule has 0 aromatic heterocycles. The molecule has 1 aromatic carbocycles. The molecule has 4 heterocycles. The summed E-state index contributed by atoms with van der Waals surface area (Å²) in [5, 5.41) is 0. The molecule has 0 N–H and O–H groups in total. The van der Waals surface area contributed by atoms with E-state index in [0.29, 0.717) is 36.6 Å². The predicted molar refractivity (Wildman–Crippen MR) is 100 cm³/mol. The van der Waals surface area contributed by atoms with Crippen LogP contribution in [0.2, 0.25) is 0 Å². The summed E-state index contributed by atoms with van der Waals surface area (Å²) in [6.45, 7) is 3.92. The van der Waals surface area contributed by atoms with Gasteiger partial charge >= 0.3 is 0 Å². The van der Waals surface area contributed by atoms with E-state index < -0.39 is 0 Å². The minimum absolute atomic E-state index is 0.0152. The number of nitrogens with zero attached hydrogens (tertiary/aromatic N) is 2. The van der Waals surface area contributed by atoms with E-state index in [2.05, 4.69) is 0 Å². The van der Waals surface area contributed by atoms with Crippen molar-refractivity contribution in [3.05, 3.63) is 23.8 Å². The van der Waals surface area contributed by atoms with E-state index in [9.17, 15) is 9.59 Å². The standard InChI is InChI=1S/C21H26N2O5/c24-19-11-21(13-23(19)12-16-2-1-9-26-16)5-7-22(8-6-21)20(25)15-3-4-17-18(10-15)28-14-27-17/h3-4,10,16H,1-2,5-9,11-14H2. The van der Waals surface area contributed by atoms with E-state index in [-0.39, 0.29) is 30.1 Å². The molecule has 0 bridgehead atoms. The summed E-state index contributed by atoms with van der Waals surface area (Å²) >= 11 is 0. The normalized spacial score (nSPS) is 25.7. The van der Waals surface area contributed by atoms with Crippen LogP contribution < -0.4 is 9.47 Å². The van der Waals surface area contributed by atoms with Crippen molar-refractivity contribution in [2.75, 3.05) is 39.6 Å². The van der Waals surface area contributed by atoms with Gasteiger partial charge in [0.1, 0.15) is 0 Å². The number of hydrogen-bond acceptors (Lipinski definition) is 5. The van der Waals surface area contributed by atoms with Crippen LogP contribution in [0.5, 0.6) is 11.5 Å². The first-order chi connectivity index (χ1) is 13.6. The van der Waals surface area contributed by atoms with Crippen molar-refractivity contribution in [1.29, 1.82) is 0 Å². The Morgan fingerprint density at radius 2 is 2.00 bits per heavy atom. The molecule has 2 amide bonds. The van der Waals surface area contributed by atoms with Gasteiger partial charge in [0.15, 0.2) is 11.5 Å². The highest BCUT2D eigenvalue weighted by Crippen LogP contribution is 2.42. The molecule has 3 saturated heterocycles.